The number of benzene rings is 1. The normalized spacial score (nSPS) is 23.5. The number of fused-ring (bicyclic) bond motifs is 2. The first-order valence-corrected chi connectivity index (χ1v) is 14.1. The number of carboxylic acids is 1. The number of carboxylic acid groups (broad SMARTS) is 1. The summed E-state index contributed by atoms with van der Waals surface area (Å²) in [4.78, 5) is 19.2. The molecule has 3 heterocycles. The van der Waals surface area contributed by atoms with Crippen LogP contribution in [-0.2, 0) is 33.7 Å². The first kappa shape index (κ1) is 27.0. The number of anilines is 1. The summed E-state index contributed by atoms with van der Waals surface area (Å²) in [5.41, 5.74) is 4.68. The second kappa shape index (κ2) is 12.1. The smallest absolute Gasteiger partial charge is 0.325 e. The number of carbonyl (C=O) groups is 1. The molecule has 38 heavy (non-hydrogen) atoms. The summed E-state index contributed by atoms with van der Waals surface area (Å²) in [6.45, 7) is 4.54. The molecule has 2 aromatic rings. The van der Waals surface area contributed by atoms with Gasteiger partial charge < -0.3 is 19.9 Å². The van der Waals surface area contributed by atoms with Gasteiger partial charge in [-0.15, -0.1) is 0 Å². The largest absolute Gasteiger partial charge is 0.480 e. The average molecular weight is 526 g/mol. The van der Waals surface area contributed by atoms with Crippen LogP contribution >= 0.6 is 0 Å². The molecule has 0 saturated heterocycles. The van der Waals surface area contributed by atoms with Crippen LogP contribution in [0.3, 0.4) is 0 Å². The lowest BCUT2D eigenvalue weighted by Crippen LogP contribution is -2.39. The van der Waals surface area contributed by atoms with Crippen LogP contribution in [0.25, 0.3) is 0 Å². The van der Waals surface area contributed by atoms with Crippen molar-refractivity contribution in [2.75, 3.05) is 32.1 Å². The summed E-state index contributed by atoms with van der Waals surface area (Å²) in [5.74, 6) is -0.288. The molecule has 1 saturated carbocycles. The fraction of sp³-hybridized carbons (Fsp3) is 0.600. The molecule has 0 bridgehead atoms. The van der Waals surface area contributed by atoms with Gasteiger partial charge in [-0.25, -0.2) is 9.37 Å². The van der Waals surface area contributed by atoms with Crippen LogP contribution in [0.1, 0.15) is 85.4 Å². The van der Waals surface area contributed by atoms with E-state index in [4.69, 9.17) is 14.5 Å². The molecule has 8 heteroatoms. The third-order valence-corrected chi connectivity index (χ3v) is 8.38. The molecular weight excluding hydrogens is 485 g/mol. The van der Waals surface area contributed by atoms with Gasteiger partial charge in [-0.2, -0.15) is 0 Å². The third-order valence-electron chi connectivity index (χ3n) is 8.38. The Balaban J connectivity index is 1.13. The number of aliphatic carboxylic acids is 1. The molecule has 1 fully saturated rings. The topological polar surface area (TPSA) is 83.9 Å². The predicted octanol–water partition coefficient (Wildman–Crippen LogP) is 5.23. The molecule has 206 valence electrons. The Hall–Kier alpha value is -2.55. The minimum absolute atomic E-state index is 0.0250. The van der Waals surface area contributed by atoms with E-state index >= 15 is 0 Å². The van der Waals surface area contributed by atoms with Gasteiger partial charge >= 0.3 is 5.97 Å². The van der Waals surface area contributed by atoms with Gasteiger partial charge in [-0.05, 0) is 98.9 Å². The van der Waals surface area contributed by atoms with E-state index < -0.39 is 17.8 Å². The van der Waals surface area contributed by atoms with Crippen molar-refractivity contribution in [2.24, 2.45) is 0 Å². The van der Waals surface area contributed by atoms with Crippen molar-refractivity contribution in [3.8, 4) is 0 Å². The van der Waals surface area contributed by atoms with Gasteiger partial charge in [0.2, 0.25) is 0 Å². The SMILES string of the molecule is C[C@H]1COCc2cc(F)cc([C@@H](C(=O)O)N(C)[C@H]3CC[C@H](OCCCCc4ccc5c(n4)NCCC5)C3)c21. The summed E-state index contributed by atoms with van der Waals surface area (Å²) >= 11 is 0. The van der Waals surface area contributed by atoms with Crippen molar-refractivity contribution in [1.82, 2.24) is 9.88 Å². The quantitative estimate of drug-likeness (QED) is 0.411. The Morgan fingerprint density at radius 3 is 3.00 bits per heavy atom. The van der Waals surface area contributed by atoms with Gasteiger partial charge in [0.1, 0.15) is 17.7 Å². The zero-order valence-corrected chi connectivity index (χ0v) is 22.5. The second-order valence-electron chi connectivity index (χ2n) is 11.1. The Labute approximate surface area is 224 Å². The van der Waals surface area contributed by atoms with E-state index in [1.165, 1.54) is 24.1 Å². The standard InChI is InChI=1S/C30H40FN3O4/c1-19-17-37-18-21-14-22(31)15-26(27(19)21)28(30(35)36)34(2)24-10-11-25(16-24)38-13-4-3-7-23-9-8-20-6-5-12-32-29(20)33-23/h8-9,14-15,19,24-25,28H,3-7,10-13,16-18H2,1-2H3,(H,32,33)(H,35,36)/t19-,24-,25-,28-/m0/s1. The maximum atomic E-state index is 14.5. The van der Waals surface area contributed by atoms with Crippen molar-refractivity contribution in [2.45, 2.75) is 89.0 Å². The number of aryl methyl sites for hydroxylation is 2. The molecule has 1 aromatic carbocycles. The van der Waals surface area contributed by atoms with Gasteiger partial charge in [0.25, 0.3) is 0 Å². The first-order valence-electron chi connectivity index (χ1n) is 14.1. The Morgan fingerprint density at radius 2 is 2.16 bits per heavy atom. The molecule has 3 aliphatic rings. The molecule has 0 spiro atoms. The number of aromatic nitrogens is 1. The van der Waals surface area contributed by atoms with Crippen LogP contribution in [-0.4, -0.2) is 59.9 Å². The number of pyridine rings is 1. The number of nitrogens with one attached hydrogen (secondary N) is 1. The summed E-state index contributed by atoms with van der Waals surface area (Å²) in [6.07, 6.45) is 7.89. The Bertz CT molecular complexity index is 1140. The van der Waals surface area contributed by atoms with Crippen LogP contribution in [0.5, 0.6) is 0 Å². The molecule has 2 N–H and O–H groups in total. The lowest BCUT2D eigenvalue weighted by Gasteiger charge is -2.34. The maximum absolute atomic E-state index is 14.5. The van der Waals surface area contributed by atoms with E-state index in [-0.39, 0.29) is 18.1 Å². The van der Waals surface area contributed by atoms with E-state index in [0.717, 1.165) is 74.1 Å². The minimum atomic E-state index is -0.950. The third kappa shape index (κ3) is 6.03. The van der Waals surface area contributed by atoms with E-state index in [1.807, 2.05) is 18.9 Å². The lowest BCUT2D eigenvalue weighted by molar-refractivity contribution is -0.144. The molecule has 1 aliphatic carbocycles. The van der Waals surface area contributed by atoms with Crippen molar-refractivity contribution in [1.29, 1.82) is 0 Å². The molecule has 0 amide bonds. The fourth-order valence-electron chi connectivity index (χ4n) is 6.42. The van der Waals surface area contributed by atoms with Crippen LogP contribution in [0, 0.1) is 5.82 Å². The van der Waals surface area contributed by atoms with E-state index in [9.17, 15) is 14.3 Å². The minimum Gasteiger partial charge on any atom is -0.480 e. The molecule has 4 atom stereocenters. The van der Waals surface area contributed by atoms with Gasteiger partial charge in [-0.1, -0.05) is 13.0 Å². The van der Waals surface area contributed by atoms with E-state index in [2.05, 4.69) is 17.4 Å². The van der Waals surface area contributed by atoms with Crippen molar-refractivity contribution >= 4 is 11.8 Å². The average Bonchev–Trinajstić information content (AvgIpc) is 3.37. The summed E-state index contributed by atoms with van der Waals surface area (Å²) in [6, 6.07) is 6.41. The van der Waals surface area contributed by atoms with Gasteiger partial charge in [0.05, 0.1) is 19.3 Å². The van der Waals surface area contributed by atoms with Crippen molar-refractivity contribution in [3.63, 3.8) is 0 Å². The highest BCUT2D eigenvalue weighted by Crippen LogP contribution is 2.38. The molecule has 0 radical (unpaired) electrons. The molecular formula is C30H40FN3O4. The molecule has 0 unspecified atom stereocenters. The Morgan fingerprint density at radius 1 is 1.29 bits per heavy atom. The molecule has 2 aliphatic heterocycles. The van der Waals surface area contributed by atoms with E-state index in [0.29, 0.717) is 25.4 Å². The molecule has 7 nitrogen and oxygen atoms in total. The van der Waals surface area contributed by atoms with Crippen LogP contribution < -0.4 is 5.32 Å². The molecule has 5 rings (SSSR count). The highest BCUT2D eigenvalue weighted by Gasteiger charge is 2.38. The number of rotatable bonds is 10. The number of unbranched alkanes of at least 4 members (excludes halogenated alkanes) is 1. The van der Waals surface area contributed by atoms with Crippen LogP contribution in [0.15, 0.2) is 24.3 Å². The number of likely N-dealkylation sites (N-methyl/N-ethyl adjacent to an activating group) is 1. The number of halogens is 1. The summed E-state index contributed by atoms with van der Waals surface area (Å²) in [7, 11) is 1.85. The fourth-order valence-corrected chi connectivity index (χ4v) is 6.42. The highest BCUT2D eigenvalue weighted by molar-refractivity contribution is 5.76. The van der Waals surface area contributed by atoms with Crippen LogP contribution in [0.2, 0.25) is 0 Å². The first-order chi connectivity index (χ1) is 18.4. The summed E-state index contributed by atoms with van der Waals surface area (Å²) < 4.78 is 26.3. The van der Waals surface area contributed by atoms with Crippen molar-refractivity contribution in [3.05, 3.63) is 58.0 Å². The summed E-state index contributed by atoms with van der Waals surface area (Å²) in [5, 5.41) is 13.6. The number of hydrogen-bond donors (Lipinski definition) is 2. The van der Waals surface area contributed by atoms with Gasteiger partial charge in [-0.3, -0.25) is 9.69 Å². The monoisotopic (exact) mass is 525 g/mol. The second-order valence-corrected chi connectivity index (χ2v) is 11.1. The number of hydrogen-bond acceptors (Lipinski definition) is 6. The van der Waals surface area contributed by atoms with Gasteiger partial charge in [0, 0.05) is 30.8 Å². The molecule has 1 aromatic heterocycles. The zero-order chi connectivity index (χ0) is 26.6. The maximum Gasteiger partial charge on any atom is 0.325 e. The number of ether oxygens (including phenoxy) is 2. The van der Waals surface area contributed by atoms with Crippen molar-refractivity contribution < 1.29 is 23.8 Å². The highest BCUT2D eigenvalue weighted by atomic mass is 19.1. The Kier molecular flexibility index (Phi) is 8.61. The van der Waals surface area contributed by atoms with Gasteiger partial charge in [0.15, 0.2) is 0 Å². The number of nitrogens with zero attached hydrogens (tertiary/aromatic N) is 2. The van der Waals surface area contributed by atoms with E-state index in [1.54, 1.807) is 0 Å². The predicted molar refractivity (Wildman–Crippen MR) is 144 cm³/mol. The van der Waals surface area contributed by atoms with Crippen LogP contribution in [0.4, 0.5) is 10.2 Å². The lowest BCUT2D eigenvalue weighted by atomic mass is 9.86. The zero-order valence-electron chi connectivity index (χ0n) is 22.5.